The van der Waals surface area contributed by atoms with Crippen LogP contribution in [0.5, 0.6) is 0 Å². The van der Waals surface area contributed by atoms with Crippen molar-refractivity contribution in [1.29, 1.82) is 0 Å². The van der Waals surface area contributed by atoms with E-state index in [-0.39, 0.29) is 0 Å². The van der Waals surface area contributed by atoms with Crippen LogP contribution in [0.1, 0.15) is 0 Å². The Labute approximate surface area is 396 Å². The lowest BCUT2D eigenvalue weighted by molar-refractivity contribution is 0.667. The predicted molar refractivity (Wildman–Crippen MR) is 283 cm³/mol. The molecule has 0 saturated heterocycles. The fraction of sp³-hybridized carbons (Fsp3) is 0. The number of benzene rings is 10. The van der Waals surface area contributed by atoms with E-state index in [2.05, 4.69) is 209 Å². The maximum Gasteiger partial charge on any atom is 0.166 e. The van der Waals surface area contributed by atoms with Crippen LogP contribution in [0.2, 0.25) is 0 Å². The van der Waals surface area contributed by atoms with Crippen molar-refractivity contribution >= 4 is 65.6 Å². The van der Waals surface area contributed by atoms with Gasteiger partial charge < -0.3 is 13.6 Å². The van der Waals surface area contributed by atoms with Gasteiger partial charge in [-0.3, -0.25) is 0 Å². The molecule has 0 unspecified atom stereocenters. The Morgan fingerprint density at radius 1 is 0.275 bits per heavy atom. The zero-order valence-electron chi connectivity index (χ0n) is 37.2. The lowest BCUT2D eigenvalue weighted by Gasteiger charge is -2.24. The SMILES string of the molecule is c1ccc(-c2nc(-c3ccccc3)nc(-c3c(-n4c5ccccc5c5ccccc54)c(-n4c5ccccc5c5ccccc54)c4oc5c(-c6ccccc6)cccc5c4c3-c3ccccc3)n2)cc1. The van der Waals surface area contributed by atoms with Gasteiger partial charge >= 0.3 is 0 Å². The molecule has 0 N–H and O–H groups in total. The first-order chi connectivity index (χ1) is 34.3. The molecular weight excluding hydrogens is 843 g/mol. The van der Waals surface area contributed by atoms with Gasteiger partial charge in [0.15, 0.2) is 23.1 Å². The lowest BCUT2D eigenvalue weighted by Crippen LogP contribution is -2.10. The van der Waals surface area contributed by atoms with E-state index < -0.39 is 0 Å². The van der Waals surface area contributed by atoms with Crippen LogP contribution in [0.4, 0.5) is 0 Å². The number of hydrogen-bond acceptors (Lipinski definition) is 4. The van der Waals surface area contributed by atoms with Crippen molar-refractivity contribution in [2.24, 2.45) is 0 Å². The molecule has 14 rings (SSSR count). The molecule has 69 heavy (non-hydrogen) atoms. The molecule has 0 aliphatic rings. The number of fused-ring (bicyclic) bond motifs is 9. The molecule has 14 aromatic rings. The number of hydrogen-bond donors (Lipinski definition) is 0. The second-order valence-electron chi connectivity index (χ2n) is 17.4. The third kappa shape index (κ3) is 6.02. The average Bonchev–Trinajstić information content (AvgIpc) is 4.09. The van der Waals surface area contributed by atoms with Gasteiger partial charge in [-0.05, 0) is 35.4 Å². The van der Waals surface area contributed by atoms with E-state index in [1.807, 2.05) is 36.4 Å². The van der Waals surface area contributed by atoms with Crippen molar-refractivity contribution in [1.82, 2.24) is 24.1 Å². The van der Waals surface area contributed by atoms with Crippen LogP contribution in [0.25, 0.3) is 133 Å². The Morgan fingerprint density at radius 3 is 1.13 bits per heavy atom. The monoisotopic (exact) mass is 881 g/mol. The number of para-hydroxylation sites is 5. The van der Waals surface area contributed by atoms with E-state index in [9.17, 15) is 0 Å². The number of furan rings is 1. The molecule has 0 radical (unpaired) electrons. The summed E-state index contributed by atoms with van der Waals surface area (Å²) >= 11 is 0. The van der Waals surface area contributed by atoms with E-state index in [1.165, 1.54) is 0 Å². The molecule has 4 heterocycles. The van der Waals surface area contributed by atoms with Gasteiger partial charge in [0.05, 0.1) is 33.3 Å². The molecule has 0 fully saturated rings. The smallest absolute Gasteiger partial charge is 0.166 e. The molecule has 6 heteroatoms. The first kappa shape index (κ1) is 38.8. The minimum atomic E-state index is 0.538. The van der Waals surface area contributed by atoms with Gasteiger partial charge in [-0.1, -0.05) is 212 Å². The van der Waals surface area contributed by atoms with Gasteiger partial charge in [-0.25, -0.2) is 15.0 Å². The third-order valence-corrected chi connectivity index (χ3v) is 13.6. The van der Waals surface area contributed by atoms with Crippen molar-refractivity contribution in [3.8, 4) is 67.8 Å². The highest BCUT2D eigenvalue weighted by molar-refractivity contribution is 6.24. The second-order valence-corrected chi connectivity index (χ2v) is 17.4. The summed E-state index contributed by atoms with van der Waals surface area (Å²) in [6.07, 6.45) is 0. The maximum atomic E-state index is 7.71. The second kappa shape index (κ2) is 15.6. The fourth-order valence-electron chi connectivity index (χ4n) is 10.6. The normalized spacial score (nSPS) is 11.8. The molecule has 10 aromatic carbocycles. The minimum absolute atomic E-state index is 0.538. The molecule has 0 amide bonds. The van der Waals surface area contributed by atoms with Gasteiger partial charge in [-0.15, -0.1) is 0 Å². The summed E-state index contributed by atoms with van der Waals surface area (Å²) < 4.78 is 12.6. The Hall–Kier alpha value is -9.39. The van der Waals surface area contributed by atoms with Crippen LogP contribution in [0.15, 0.2) is 241 Å². The van der Waals surface area contributed by atoms with Crippen LogP contribution in [-0.2, 0) is 0 Å². The van der Waals surface area contributed by atoms with Crippen LogP contribution in [0.3, 0.4) is 0 Å². The van der Waals surface area contributed by atoms with Crippen LogP contribution in [0, 0.1) is 0 Å². The van der Waals surface area contributed by atoms with E-state index in [4.69, 9.17) is 19.4 Å². The largest absolute Gasteiger partial charge is 0.453 e. The summed E-state index contributed by atoms with van der Waals surface area (Å²) in [5.41, 5.74) is 14.2. The molecular formula is C63H39N5O. The maximum absolute atomic E-state index is 7.71. The molecule has 0 saturated carbocycles. The molecule has 0 aliphatic carbocycles. The van der Waals surface area contributed by atoms with Crippen molar-refractivity contribution in [3.05, 3.63) is 237 Å². The molecule has 0 bridgehead atoms. The zero-order chi connectivity index (χ0) is 45.4. The number of aromatic nitrogens is 5. The van der Waals surface area contributed by atoms with Gasteiger partial charge in [-0.2, -0.15) is 0 Å². The summed E-state index contributed by atoms with van der Waals surface area (Å²) in [7, 11) is 0. The summed E-state index contributed by atoms with van der Waals surface area (Å²) in [4.78, 5) is 16.5. The first-order valence-corrected chi connectivity index (χ1v) is 23.3. The van der Waals surface area contributed by atoms with Gasteiger partial charge in [0.1, 0.15) is 11.3 Å². The lowest BCUT2D eigenvalue weighted by atomic mass is 9.90. The molecule has 0 atom stereocenters. The standard InChI is InChI=1S/C63H39N5O/c1-5-22-40(23-6-1)44-34-21-35-49-55-54(41-24-7-2-8-25-41)56(63-65-61(42-26-9-3-10-27-42)64-62(66-63)43-28-11-4-12-29-43)57(67-50-36-17-13-30-45(50)46-31-14-18-37-51(46)67)58(60(55)69-59(44)49)68-52-38-19-15-32-47(52)48-33-16-20-39-53(48)68/h1-39H. The highest BCUT2D eigenvalue weighted by atomic mass is 16.3. The van der Waals surface area contributed by atoms with Crippen molar-refractivity contribution in [2.45, 2.75) is 0 Å². The molecule has 0 spiro atoms. The Balaban J connectivity index is 1.31. The van der Waals surface area contributed by atoms with Crippen LogP contribution < -0.4 is 0 Å². The van der Waals surface area contributed by atoms with Crippen LogP contribution >= 0.6 is 0 Å². The predicted octanol–water partition coefficient (Wildman–Crippen LogP) is 16.3. The Bertz CT molecular complexity index is 4120. The van der Waals surface area contributed by atoms with Crippen molar-refractivity contribution in [3.63, 3.8) is 0 Å². The van der Waals surface area contributed by atoms with Crippen molar-refractivity contribution < 1.29 is 4.42 Å². The topological polar surface area (TPSA) is 61.7 Å². The van der Waals surface area contributed by atoms with Gasteiger partial charge in [0.2, 0.25) is 0 Å². The first-order valence-electron chi connectivity index (χ1n) is 23.3. The van der Waals surface area contributed by atoms with Gasteiger partial charge in [0.25, 0.3) is 0 Å². The molecule has 6 nitrogen and oxygen atoms in total. The van der Waals surface area contributed by atoms with Crippen molar-refractivity contribution in [2.75, 3.05) is 0 Å². The van der Waals surface area contributed by atoms with Crippen LogP contribution in [-0.4, -0.2) is 24.1 Å². The highest BCUT2D eigenvalue weighted by Gasteiger charge is 2.33. The summed E-state index contributed by atoms with van der Waals surface area (Å²) in [5.74, 6) is 1.69. The van der Waals surface area contributed by atoms with E-state index in [1.54, 1.807) is 0 Å². The minimum Gasteiger partial charge on any atom is -0.453 e. The number of rotatable bonds is 7. The Morgan fingerprint density at radius 2 is 0.652 bits per heavy atom. The average molecular weight is 882 g/mol. The summed E-state index contributed by atoms with van der Waals surface area (Å²) in [5, 5.41) is 6.51. The number of nitrogens with zero attached hydrogens (tertiary/aromatic N) is 5. The summed E-state index contributed by atoms with van der Waals surface area (Å²) in [6.45, 7) is 0. The van der Waals surface area contributed by atoms with Gasteiger partial charge in [0, 0.05) is 54.6 Å². The fourth-order valence-corrected chi connectivity index (χ4v) is 10.6. The highest BCUT2D eigenvalue weighted by Crippen LogP contribution is 2.53. The molecule has 322 valence electrons. The summed E-state index contributed by atoms with van der Waals surface area (Å²) in [6, 6.07) is 83.1. The van der Waals surface area contributed by atoms with E-state index in [0.29, 0.717) is 17.5 Å². The molecule has 4 aromatic heterocycles. The third-order valence-electron chi connectivity index (χ3n) is 13.6. The quantitative estimate of drug-likeness (QED) is 0.160. The Kier molecular flexibility index (Phi) is 8.79. The van der Waals surface area contributed by atoms with E-state index in [0.717, 1.165) is 116 Å². The van der Waals surface area contributed by atoms with E-state index >= 15 is 0 Å². The zero-order valence-corrected chi connectivity index (χ0v) is 37.2. The molecule has 0 aliphatic heterocycles.